The van der Waals surface area contributed by atoms with Gasteiger partial charge in [0.25, 0.3) is 0 Å². The third-order valence-corrected chi connectivity index (χ3v) is 15.7. The van der Waals surface area contributed by atoms with Crippen LogP contribution in [-0.2, 0) is 19.1 Å². The van der Waals surface area contributed by atoms with Gasteiger partial charge in [-0.05, 0) is 135 Å². The number of nitrogens with zero attached hydrogens (tertiary/aromatic N) is 4. The molecule has 2 aromatic heterocycles. The first-order valence-electron chi connectivity index (χ1n) is 23.8. The lowest BCUT2D eigenvalue weighted by molar-refractivity contribution is -0.138. The lowest BCUT2D eigenvalue weighted by Crippen LogP contribution is -2.53. The first-order chi connectivity index (χ1) is 32.0. The molecule has 6 heterocycles. The van der Waals surface area contributed by atoms with E-state index in [4.69, 9.17) is 19.4 Å². The van der Waals surface area contributed by atoms with Gasteiger partial charge >= 0.3 is 12.2 Å². The Labute approximate surface area is 379 Å². The Balaban J connectivity index is 0.788. The molecule has 4 aliphatic heterocycles. The summed E-state index contributed by atoms with van der Waals surface area (Å²) in [5.74, 6) is 0.816. The monoisotopic (exact) mass is 894 g/mol. The molecule has 4 saturated heterocycles. The highest BCUT2D eigenvalue weighted by molar-refractivity contribution is 6.07. The summed E-state index contributed by atoms with van der Waals surface area (Å²) in [5, 5.41) is 28.9. The summed E-state index contributed by atoms with van der Waals surface area (Å²) in [7, 11) is 0. The predicted molar refractivity (Wildman–Crippen MR) is 245 cm³/mol. The zero-order valence-corrected chi connectivity index (χ0v) is 36.7. The Morgan fingerprint density at radius 1 is 0.621 bits per heavy atom. The molecule has 2 aliphatic carbocycles. The maximum absolute atomic E-state index is 14.2. The Kier molecular flexibility index (Phi) is 9.79. The molecule has 4 aromatic carbocycles. The fraction of sp³-hybridized carbons (Fsp3) is 0.480. The van der Waals surface area contributed by atoms with Gasteiger partial charge in [0.2, 0.25) is 11.8 Å². The second-order valence-electron chi connectivity index (χ2n) is 19.8. The number of aromatic nitrogens is 4. The number of imidazole rings is 2. The first kappa shape index (κ1) is 41.2. The summed E-state index contributed by atoms with van der Waals surface area (Å²) in [4.78, 5) is 73.2. The predicted octanol–water partition coefficient (Wildman–Crippen LogP) is 7.93. The third kappa shape index (κ3) is 7.28. The number of fused-ring (bicyclic) bond motifs is 6. The van der Waals surface area contributed by atoms with E-state index in [1.165, 1.54) is 0 Å². The largest absolute Gasteiger partial charge is 0.465 e. The number of aromatic amines is 2. The number of H-pyrrole nitrogens is 2. The van der Waals surface area contributed by atoms with E-state index in [1.54, 1.807) is 0 Å². The van der Waals surface area contributed by atoms with Gasteiger partial charge in [0.15, 0.2) is 0 Å². The standard InChI is InChI=1S/C50H54N8O8/c59-45(39(55-47(61)62)31-13-21-65-49(25-31)15-16-49)57-19-1-3-37(57)43-51-35-11-7-29-23-27(5-9-33(29)41(35)53-43)28-6-10-34-30(24-28)8-12-36-42(34)54-44(52-36)38-4-2-20-58(38)46(60)40(56-48(63)64)32-14-22-66-50(26-32)17-18-50/h5-12,23-24,31-32,37-40,55-56H,1-4,13-22,25-26H2,(H,51,53)(H,52,54)(H,61,62)(H,63,64)/t31?,32?,37-,38?,39?,40?/m0/s1. The molecule has 6 fully saturated rings. The van der Waals surface area contributed by atoms with Gasteiger partial charge in [-0.25, -0.2) is 19.6 Å². The molecule has 6 aromatic rings. The van der Waals surface area contributed by atoms with Crippen molar-refractivity contribution in [1.82, 2.24) is 40.4 Å². The fourth-order valence-electron chi connectivity index (χ4n) is 12.0. The number of carbonyl (C=O) groups is 4. The summed E-state index contributed by atoms with van der Waals surface area (Å²) >= 11 is 0. The van der Waals surface area contributed by atoms with Crippen LogP contribution in [0.1, 0.15) is 101 Å². The van der Waals surface area contributed by atoms with Crippen LogP contribution in [0.2, 0.25) is 0 Å². The third-order valence-electron chi connectivity index (χ3n) is 15.7. The van der Waals surface area contributed by atoms with Crippen molar-refractivity contribution in [3.05, 3.63) is 72.3 Å². The van der Waals surface area contributed by atoms with Gasteiger partial charge < -0.3 is 50.1 Å². The molecule has 2 saturated carbocycles. The summed E-state index contributed by atoms with van der Waals surface area (Å²) in [6.07, 6.45) is 7.21. The van der Waals surface area contributed by atoms with Crippen LogP contribution < -0.4 is 10.6 Å². The highest BCUT2D eigenvalue weighted by Crippen LogP contribution is 2.50. The maximum Gasteiger partial charge on any atom is 0.405 e. The topological polar surface area (TPSA) is 215 Å². The number of ether oxygens (including phenoxy) is 2. The molecular weight excluding hydrogens is 841 g/mol. The van der Waals surface area contributed by atoms with Crippen molar-refractivity contribution in [2.75, 3.05) is 26.3 Å². The molecule has 12 rings (SSSR count). The molecule has 4 amide bonds. The number of amides is 4. The van der Waals surface area contributed by atoms with Gasteiger partial charge in [-0.1, -0.05) is 36.4 Å². The number of rotatable bonds is 9. The zero-order valence-electron chi connectivity index (χ0n) is 36.7. The number of carboxylic acid groups (broad SMARTS) is 2. The van der Waals surface area contributed by atoms with Crippen LogP contribution in [0.3, 0.4) is 0 Å². The molecule has 66 heavy (non-hydrogen) atoms. The van der Waals surface area contributed by atoms with E-state index >= 15 is 0 Å². The van der Waals surface area contributed by atoms with Gasteiger partial charge in [-0.2, -0.15) is 0 Å². The smallest absolute Gasteiger partial charge is 0.405 e. The molecule has 6 atom stereocenters. The van der Waals surface area contributed by atoms with E-state index < -0.39 is 24.3 Å². The minimum atomic E-state index is -1.19. The van der Waals surface area contributed by atoms with Crippen molar-refractivity contribution in [2.45, 2.75) is 112 Å². The molecule has 2 spiro atoms. The summed E-state index contributed by atoms with van der Waals surface area (Å²) in [6.45, 7) is 2.16. The van der Waals surface area contributed by atoms with Gasteiger partial charge in [0.1, 0.15) is 23.7 Å². The van der Waals surface area contributed by atoms with Gasteiger partial charge in [0.05, 0.1) is 45.4 Å². The van der Waals surface area contributed by atoms with Crippen molar-refractivity contribution >= 4 is 67.6 Å². The number of benzene rings is 4. The maximum atomic E-state index is 14.2. The molecule has 5 unspecified atom stereocenters. The fourth-order valence-corrected chi connectivity index (χ4v) is 12.0. The molecule has 6 N–H and O–H groups in total. The lowest BCUT2D eigenvalue weighted by Gasteiger charge is -2.36. The summed E-state index contributed by atoms with van der Waals surface area (Å²) < 4.78 is 12.0. The van der Waals surface area contributed by atoms with Crippen molar-refractivity contribution in [1.29, 1.82) is 0 Å². The van der Waals surface area contributed by atoms with Gasteiger partial charge in [-0.3, -0.25) is 9.59 Å². The number of nitrogens with one attached hydrogen (secondary N) is 4. The van der Waals surface area contributed by atoms with E-state index in [0.717, 1.165) is 106 Å². The molecule has 6 aliphatic rings. The van der Waals surface area contributed by atoms with Crippen molar-refractivity contribution in [3.8, 4) is 11.1 Å². The SMILES string of the molecule is O=C(O)NC(C(=O)N1CCCC1c1nc2ccc3cc(-c4ccc5c(ccc6nc([C@@H]7CCCN7C(=O)C(NC(=O)O)C7CCOC8(CC8)C7)[nH]c65)c4)ccc3c2[nH]1)C1CCOC2(CC2)C1. The van der Waals surface area contributed by atoms with E-state index in [9.17, 15) is 29.4 Å². The Morgan fingerprint density at radius 2 is 1.06 bits per heavy atom. The molecule has 16 nitrogen and oxygen atoms in total. The Bertz CT molecular complexity index is 2760. The van der Waals surface area contributed by atoms with Crippen LogP contribution in [0, 0.1) is 11.8 Å². The van der Waals surface area contributed by atoms with Gasteiger partial charge in [-0.15, -0.1) is 0 Å². The van der Waals surface area contributed by atoms with E-state index in [-0.39, 0.29) is 46.9 Å². The van der Waals surface area contributed by atoms with Gasteiger partial charge in [0, 0.05) is 37.1 Å². The van der Waals surface area contributed by atoms with Crippen LogP contribution >= 0.6 is 0 Å². The number of hydrogen-bond acceptors (Lipinski definition) is 8. The molecule has 16 heteroatoms. The lowest BCUT2D eigenvalue weighted by atomic mass is 9.86. The molecule has 342 valence electrons. The summed E-state index contributed by atoms with van der Waals surface area (Å²) in [6, 6.07) is 18.8. The number of carbonyl (C=O) groups excluding carboxylic acids is 2. The van der Waals surface area contributed by atoms with Crippen molar-refractivity contribution in [3.63, 3.8) is 0 Å². The number of likely N-dealkylation sites (tertiary alicyclic amines) is 2. The second kappa shape index (κ2) is 15.7. The van der Waals surface area contributed by atoms with E-state index in [0.29, 0.717) is 63.6 Å². The van der Waals surface area contributed by atoms with Crippen LogP contribution in [0.15, 0.2) is 60.7 Å². The highest BCUT2D eigenvalue weighted by atomic mass is 16.5. The van der Waals surface area contributed by atoms with Crippen LogP contribution in [0.4, 0.5) is 9.59 Å². The average molecular weight is 895 g/mol. The van der Waals surface area contributed by atoms with Crippen molar-refractivity contribution < 1.29 is 38.9 Å². The Hall–Kier alpha value is -6.26. The Morgan fingerprint density at radius 3 is 1.47 bits per heavy atom. The van der Waals surface area contributed by atoms with Crippen molar-refractivity contribution in [2.24, 2.45) is 11.8 Å². The molecule has 0 radical (unpaired) electrons. The van der Waals surface area contributed by atoms with E-state index in [2.05, 4.69) is 69.1 Å². The second-order valence-corrected chi connectivity index (χ2v) is 19.8. The van der Waals surface area contributed by atoms with E-state index in [1.807, 2.05) is 21.9 Å². The summed E-state index contributed by atoms with van der Waals surface area (Å²) in [5.41, 5.74) is 5.15. The van der Waals surface area contributed by atoms with Crippen LogP contribution in [0.5, 0.6) is 0 Å². The number of hydrogen-bond donors (Lipinski definition) is 6. The molecule has 0 bridgehead atoms. The average Bonchev–Trinajstić information content (AvgIpc) is 3.84. The van der Waals surface area contributed by atoms with Crippen LogP contribution in [0.25, 0.3) is 54.7 Å². The minimum Gasteiger partial charge on any atom is -0.465 e. The minimum absolute atomic E-state index is 0.115. The van der Waals surface area contributed by atoms with Crippen LogP contribution in [-0.4, -0.2) is 114 Å². The normalized spacial score (nSPS) is 25.2. The first-order valence-corrected chi connectivity index (χ1v) is 23.8. The zero-order chi connectivity index (χ0) is 44.9. The quantitative estimate of drug-likeness (QED) is 0.0824. The molecular formula is C50H54N8O8. The highest BCUT2D eigenvalue weighted by Gasteiger charge is 2.52.